The zero-order chi connectivity index (χ0) is 14.8. The first-order valence-electron chi connectivity index (χ1n) is 7.77. The summed E-state index contributed by atoms with van der Waals surface area (Å²) in [5.74, 6) is 0. The summed E-state index contributed by atoms with van der Waals surface area (Å²) in [6.45, 7) is 5.29. The number of rotatable bonds is 3. The standard InChI is InChI=1S/C18H23N3/c1-3-16(19)17-8-7-15(12-20-17)21-10-4-5-14-11-13(2)6-9-18(14)21/h6-9,11-12,16H,3-5,10,19H2,1-2H3. The molecular weight excluding hydrogens is 258 g/mol. The quantitative estimate of drug-likeness (QED) is 0.928. The molecule has 2 heterocycles. The highest BCUT2D eigenvalue weighted by molar-refractivity contribution is 5.67. The number of aryl methyl sites for hydroxylation is 2. The highest BCUT2D eigenvalue weighted by atomic mass is 15.1. The number of hydrogen-bond acceptors (Lipinski definition) is 3. The minimum atomic E-state index is 0.0374. The van der Waals surface area contributed by atoms with Crippen LogP contribution in [0.2, 0.25) is 0 Å². The fraction of sp³-hybridized carbons (Fsp3) is 0.389. The lowest BCUT2D eigenvalue weighted by atomic mass is 9.99. The van der Waals surface area contributed by atoms with Crippen LogP contribution in [0.4, 0.5) is 11.4 Å². The van der Waals surface area contributed by atoms with E-state index >= 15 is 0 Å². The maximum absolute atomic E-state index is 6.04. The lowest BCUT2D eigenvalue weighted by Gasteiger charge is -2.31. The summed E-state index contributed by atoms with van der Waals surface area (Å²) < 4.78 is 0. The van der Waals surface area contributed by atoms with Crippen LogP contribution in [0, 0.1) is 6.92 Å². The lowest BCUT2D eigenvalue weighted by Crippen LogP contribution is -2.24. The predicted octanol–water partition coefficient (Wildman–Crippen LogP) is 3.88. The Kier molecular flexibility index (Phi) is 3.93. The van der Waals surface area contributed by atoms with Gasteiger partial charge in [-0.2, -0.15) is 0 Å². The van der Waals surface area contributed by atoms with Crippen molar-refractivity contribution in [1.82, 2.24) is 4.98 Å². The van der Waals surface area contributed by atoms with Crippen molar-refractivity contribution in [3.63, 3.8) is 0 Å². The fourth-order valence-corrected chi connectivity index (χ4v) is 2.98. The average molecular weight is 281 g/mol. The van der Waals surface area contributed by atoms with Gasteiger partial charge in [0.25, 0.3) is 0 Å². The van der Waals surface area contributed by atoms with Crippen LogP contribution in [0.1, 0.15) is 42.6 Å². The topological polar surface area (TPSA) is 42.1 Å². The fourth-order valence-electron chi connectivity index (χ4n) is 2.98. The van der Waals surface area contributed by atoms with Gasteiger partial charge in [-0.25, -0.2) is 0 Å². The number of anilines is 2. The molecule has 0 fully saturated rings. The third kappa shape index (κ3) is 2.79. The number of nitrogens with zero attached hydrogens (tertiary/aromatic N) is 2. The molecule has 0 saturated carbocycles. The number of nitrogens with two attached hydrogens (primary N) is 1. The van der Waals surface area contributed by atoms with E-state index in [1.54, 1.807) is 0 Å². The molecule has 1 atom stereocenters. The summed E-state index contributed by atoms with van der Waals surface area (Å²) in [4.78, 5) is 6.92. The molecule has 1 unspecified atom stereocenters. The smallest absolute Gasteiger partial charge is 0.0597 e. The van der Waals surface area contributed by atoms with E-state index in [2.05, 4.69) is 54.1 Å². The third-order valence-electron chi connectivity index (χ3n) is 4.26. The van der Waals surface area contributed by atoms with Crippen LogP contribution in [0.25, 0.3) is 0 Å². The van der Waals surface area contributed by atoms with Gasteiger partial charge in [-0.3, -0.25) is 4.98 Å². The Morgan fingerprint density at radius 1 is 1.29 bits per heavy atom. The molecule has 1 aromatic carbocycles. The Labute approximate surface area is 126 Å². The van der Waals surface area contributed by atoms with Gasteiger partial charge in [0, 0.05) is 18.3 Å². The van der Waals surface area contributed by atoms with Crippen LogP contribution in [0.5, 0.6) is 0 Å². The molecule has 1 aromatic heterocycles. The summed E-state index contributed by atoms with van der Waals surface area (Å²) in [5, 5.41) is 0. The molecule has 21 heavy (non-hydrogen) atoms. The number of pyridine rings is 1. The first-order valence-corrected chi connectivity index (χ1v) is 7.77. The molecular formula is C18H23N3. The molecule has 0 radical (unpaired) electrons. The van der Waals surface area contributed by atoms with Gasteiger partial charge in [0.1, 0.15) is 0 Å². The molecule has 2 aromatic rings. The Hall–Kier alpha value is -1.87. The molecule has 2 N–H and O–H groups in total. The number of aromatic nitrogens is 1. The summed E-state index contributed by atoms with van der Waals surface area (Å²) in [5.41, 5.74) is 12.3. The van der Waals surface area contributed by atoms with E-state index in [9.17, 15) is 0 Å². The van der Waals surface area contributed by atoms with Crippen LogP contribution in [-0.4, -0.2) is 11.5 Å². The summed E-state index contributed by atoms with van der Waals surface area (Å²) in [7, 11) is 0. The first kappa shape index (κ1) is 14.1. The van der Waals surface area contributed by atoms with Crippen molar-refractivity contribution in [2.24, 2.45) is 5.73 Å². The first-order chi connectivity index (χ1) is 10.2. The predicted molar refractivity (Wildman–Crippen MR) is 88.0 cm³/mol. The van der Waals surface area contributed by atoms with Gasteiger partial charge in [0.05, 0.1) is 17.6 Å². The number of benzene rings is 1. The maximum atomic E-state index is 6.04. The molecule has 110 valence electrons. The van der Waals surface area contributed by atoms with Crippen LogP contribution in [0.15, 0.2) is 36.5 Å². The normalized spacial score (nSPS) is 15.7. The van der Waals surface area contributed by atoms with Gasteiger partial charge < -0.3 is 10.6 Å². The molecule has 0 bridgehead atoms. The lowest BCUT2D eigenvalue weighted by molar-refractivity contribution is 0.674. The van der Waals surface area contributed by atoms with Crippen LogP contribution in [-0.2, 0) is 6.42 Å². The zero-order valence-corrected chi connectivity index (χ0v) is 12.8. The van der Waals surface area contributed by atoms with Gasteiger partial charge in [-0.15, -0.1) is 0 Å². The van der Waals surface area contributed by atoms with E-state index < -0.39 is 0 Å². The van der Waals surface area contributed by atoms with Gasteiger partial charge in [-0.05, 0) is 49.9 Å². The van der Waals surface area contributed by atoms with Crippen LogP contribution < -0.4 is 10.6 Å². The van der Waals surface area contributed by atoms with E-state index in [0.717, 1.165) is 24.3 Å². The largest absolute Gasteiger partial charge is 0.340 e. The van der Waals surface area contributed by atoms with Gasteiger partial charge >= 0.3 is 0 Å². The highest BCUT2D eigenvalue weighted by Crippen LogP contribution is 2.33. The van der Waals surface area contributed by atoms with E-state index in [-0.39, 0.29) is 6.04 Å². The molecule has 0 saturated heterocycles. The maximum Gasteiger partial charge on any atom is 0.0597 e. The summed E-state index contributed by atoms with van der Waals surface area (Å²) >= 11 is 0. The van der Waals surface area contributed by atoms with Gasteiger partial charge in [0.15, 0.2) is 0 Å². The van der Waals surface area contributed by atoms with Crippen molar-refractivity contribution in [2.45, 2.75) is 39.2 Å². The van der Waals surface area contributed by atoms with Crippen molar-refractivity contribution in [1.29, 1.82) is 0 Å². The second-order valence-corrected chi connectivity index (χ2v) is 5.84. The second kappa shape index (κ2) is 5.86. The molecule has 3 rings (SSSR count). The SMILES string of the molecule is CCC(N)c1ccc(N2CCCc3cc(C)ccc32)cn1. The van der Waals surface area contributed by atoms with E-state index in [0.29, 0.717) is 0 Å². The van der Waals surface area contributed by atoms with Gasteiger partial charge in [-0.1, -0.05) is 24.6 Å². The van der Waals surface area contributed by atoms with E-state index in [4.69, 9.17) is 5.73 Å². The Balaban J connectivity index is 1.92. The van der Waals surface area contributed by atoms with Crippen molar-refractivity contribution in [2.75, 3.05) is 11.4 Å². The molecule has 0 amide bonds. The molecule has 0 aliphatic carbocycles. The highest BCUT2D eigenvalue weighted by Gasteiger charge is 2.18. The van der Waals surface area contributed by atoms with Crippen molar-refractivity contribution < 1.29 is 0 Å². The number of hydrogen-bond donors (Lipinski definition) is 1. The van der Waals surface area contributed by atoms with E-state index in [1.807, 2.05) is 6.20 Å². The molecule has 0 spiro atoms. The zero-order valence-electron chi connectivity index (χ0n) is 12.8. The van der Waals surface area contributed by atoms with Gasteiger partial charge in [0.2, 0.25) is 0 Å². The van der Waals surface area contributed by atoms with Crippen molar-refractivity contribution in [3.8, 4) is 0 Å². The van der Waals surface area contributed by atoms with E-state index in [1.165, 1.54) is 29.7 Å². The Morgan fingerprint density at radius 3 is 2.86 bits per heavy atom. The van der Waals surface area contributed by atoms with Crippen LogP contribution >= 0.6 is 0 Å². The Bertz CT molecular complexity index is 619. The molecule has 3 heteroatoms. The minimum absolute atomic E-state index is 0.0374. The minimum Gasteiger partial charge on any atom is -0.340 e. The average Bonchev–Trinajstić information content (AvgIpc) is 2.53. The molecule has 1 aliphatic heterocycles. The molecule has 3 nitrogen and oxygen atoms in total. The van der Waals surface area contributed by atoms with Crippen molar-refractivity contribution >= 4 is 11.4 Å². The number of fused-ring (bicyclic) bond motifs is 1. The second-order valence-electron chi connectivity index (χ2n) is 5.84. The monoisotopic (exact) mass is 281 g/mol. The molecule has 1 aliphatic rings. The summed E-state index contributed by atoms with van der Waals surface area (Å²) in [6, 6.07) is 11.0. The third-order valence-corrected chi connectivity index (χ3v) is 4.26. The Morgan fingerprint density at radius 2 is 2.14 bits per heavy atom. The van der Waals surface area contributed by atoms with Crippen LogP contribution in [0.3, 0.4) is 0 Å². The summed E-state index contributed by atoms with van der Waals surface area (Å²) in [6.07, 6.45) is 5.23. The van der Waals surface area contributed by atoms with Crippen molar-refractivity contribution in [3.05, 3.63) is 53.3 Å².